The van der Waals surface area contributed by atoms with E-state index in [9.17, 15) is 0 Å². The van der Waals surface area contributed by atoms with Crippen molar-refractivity contribution in [3.05, 3.63) is 82.0 Å². The van der Waals surface area contributed by atoms with Gasteiger partial charge in [0.15, 0.2) is 0 Å². The van der Waals surface area contributed by atoms with Crippen LogP contribution in [-0.2, 0) is 0 Å². The van der Waals surface area contributed by atoms with E-state index in [4.69, 9.17) is 0 Å². The predicted molar refractivity (Wildman–Crippen MR) is 94.3 cm³/mol. The number of rotatable bonds is 3. The standard InChI is InChI=1S/C17H12Br2N2/c18-16-11-15(12-17(19)20-16)21(13-7-3-1-4-8-13)14-9-5-2-6-10-14/h1-12H. The van der Waals surface area contributed by atoms with Crippen molar-refractivity contribution in [3.63, 3.8) is 0 Å². The van der Waals surface area contributed by atoms with E-state index in [2.05, 4.69) is 66.0 Å². The first-order chi connectivity index (χ1) is 10.2. The van der Waals surface area contributed by atoms with Gasteiger partial charge in [-0.2, -0.15) is 0 Å². The fourth-order valence-corrected chi connectivity index (χ4v) is 3.27. The molecular weight excluding hydrogens is 392 g/mol. The van der Waals surface area contributed by atoms with Crippen molar-refractivity contribution >= 4 is 48.9 Å². The van der Waals surface area contributed by atoms with Crippen molar-refractivity contribution in [3.8, 4) is 0 Å². The lowest BCUT2D eigenvalue weighted by Gasteiger charge is -2.25. The number of hydrogen-bond donors (Lipinski definition) is 0. The van der Waals surface area contributed by atoms with Crippen molar-refractivity contribution in [1.82, 2.24) is 4.98 Å². The highest BCUT2D eigenvalue weighted by atomic mass is 79.9. The molecule has 4 heteroatoms. The Labute approximate surface area is 140 Å². The fourth-order valence-electron chi connectivity index (χ4n) is 2.18. The van der Waals surface area contributed by atoms with E-state index in [0.29, 0.717) is 0 Å². The molecule has 3 aromatic rings. The molecule has 0 unspecified atom stereocenters. The molecule has 0 fully saturated rings. The van der Waals surface area contributed by atoms with E-state index in [1.54, 1.807) is 0 Å². The van der Waals surface area contributed by atoms with E-state index < -0.39 is 0 Å². The molecule has 1 aromatic heterocycles. The number of para-hydroxylation sites is 2. The van der Waals surface area contributed by atoms with Crippen molar-refractivity contribution in [2.75, 3.05) is 4.90 Å². The average Bonchev–Trinajstić information content (AvgIpc) is 2.49. The van der Waals surface area contributed by atoms with Gasteiger partial charge in [0.1, 0.15) is 9.21 Å². The topological polar surface area (TPSA) is 16.1 Å². The van der Waals surface area contributed by atoms with Gasteiger partial charge >= 0.3 is 0 Å². The summed E-state index contributed by atoms with van der Waals surface area (Å²) >= 11 is 6.92. The second kappa shape index (κ2) is 6.41. The van der Waals surface area contributed by atoms with Crippen LogP contribution in [0, 0.1) is 0 Å². The van der Waals surface area contributed by atoms with E-state index in [1.807, 2.05) is 48.5 Å². The molecule has 2 aromatic carbocycles. The zero-order chi connectivity index (χ0) is 14.7. The second-order valence-electron chi connectivity index (χ2n) is 4.48. The molecule has 0 aliphatic heterocycles. The summed E-state index contributed by atoms with van der Waals surface area (Å²) in [6.45, 7) is 0. The lowest BCUT2D eigenvalue weighted by Crippen LogP contribution is -2.10. The molecule has 104 valence electrons. The first-order valence-electron chi connectivity index (χ1n) is 6.47. The van der Waals surface area contributed by atoms with Crippen molar-refractivity contribution in [2.24, 2.45) is 0 Å². The van der Waals surface area contributed by atoms with Crippen LogP contribution < -0.4 is 4.90 Å². The third kappa shape index (κ3) is 3.34. The largest absolute Gasteiger partial charge is 0.310 e. The third-order valence-electron chi connectivity index (χ3n) is 3.03. The molecule has 0 N–H and O–H groups in total. The summed E-state index contributed by atoms with van der Waals surface area (Å²) in [6.07, 6.45) is 0. The summed E-state index contributed by atoms with van der Waals surface area (Å²) in [5.41, 5.74) is 3.25. The molecule has 0 spiro atoms. The number of pyridine rings is 1. The van der Waals surface area contributed by atoms with Crippen LogP contribution in [0.4, 0.5) is 17.1 Å². The van der Waals surface area contributed by atoms with Gasteiger partial charge < -0.3 is 4.90 Å². The highest BCUT2D eigenvalue weighted by Gasteiger charge is 2.13. The van der Waals surface area contributed by atoms with Crippen LogP contribution in [0.15, 0.2) is 82.0 Å². The SMILES string of the molecule is Brc1cc(N(c2ccccc2)c2ccccc2)cc(Br)n1. The molecule has 0 bridgehead atoms. The summed E-state index contributed by atoms with van der Waals surface area (Å²) < 4.78 is 1.59. The van der Waals surface area contributed by atoms with E-state index in [-0.39, 0.29) is 0 Å². The Bertz CT molecular complexity index is 671. The summed E-state index contributed by atoms with van der Waals surface area (Å²) in [5.74, 6) is 0. The van der Waals surface area contributed by atoms with Gasteiger partial charge in [0, 0.05) is 11.4 Å². The van der Waals surface area contributed by atoms with Crippen LogP contribution in [-0.4, -0.2) is 4.98 Å². The first-order valence-corrected chi connectivity index (χ1v) is 8.06. The number of halogens is 2. The van der Waals surface area contributed by atoms with Gasteiger partial charge in [-0.05, 0) is 68.3 Å². The van der Waals surface area contributed by atoms with Crippen LogP contribution in [0.5, 0.6) is 0 Å². The van der Waals surface area contributed by atoms with E-state index in [1.165, 1.54) is 0 Å². The highest BCUT2D eigenvalue weighted by Crippen LogP contribution is 2.35. The zero-order valence-corrected chi connectivity index (χ0v) is 14.3. The number of hydrogen-bond acceptors (Lipinski definition) is 2. The average molecular weight is 404 g/mol. The van der Waals surface area contributed by atoms with Crippen molar-refractivity contribution in [1.29, 1.82) is 0 Å². The Morgan fingerprint density at radius 3 is 1.48 bits per heavy atom. The van der Waals surface area contributed by atoms with Crippen LogP contribution in [0.1, 0.15) is 0 Å². The Kier molecular flexibility index (Phi) is 4.36. The predicted octanol–water partition coefficient (Wildman–Crippen LogP) is 6.08. The minimum absolute atomic E-state index is 0.795. The molecule has 0 saturated heterocycles. The monoisotopic (exact) mass is 402 g/mol. The molecule has 3 rings (SSSR count). The summed E-state index contributed by atoms with van der Waals surface area (Å²) in [6, 6.07) is 24.6. The maximum absolute atomic E-state index is 4.31. The fraction of sp³-hybridized carbons (Fsp3) is 0. The Morgan fingerprint density at radius 2 is 1.05 bits per heavy atom. The van der Waals surface area contributed by atoms with Gasteiger partial charge in [0.25, 0.3) is 0 Å². The number of aromatic nitrogens is 1. The van der Waals surface area contributed by atoms with E-state index >= 15 is 0 Å². The molecule has 0 radical (unpaired) electrons. The molecule has 2 nitrogen and oxygen atoms in total. The normalized spacial score (nSPS) is 10.4. The Balaban J connectivity index is 2.17. The molecular formula is C17H12Br2N2. The van der Waals surface area contributed by atoms with Gasteiger partial charge in [-0.25, -0.2) is 4.98 Å². The highest BCUT2D eigenvalue weighted by molar-refractivity contribution is 9.11. The number of nitrogens with zero attached hydrogens (tertiary/aromatic N) is 2. The van der Waals surface area contributed by atoms with Crippen LogP contribution >= 0.6 is 31.9 Å². The molecule has 0 saturated carbocycles. The molecule has 0 aliphatic carbocycles. The maximum Gasteiger partial charge on any atom is 0.109 e. The Hall–Kier alpha value is -1.65. The quantitative estimate of drug-likeness (QED) is 0.493. The molecule has 0 atom stereocenters. The maximum atomic E-state index is 4.31. The molecule has 0 amide bonds. The van der Waals surface area contributed by atoms with Crippen molar-refractivity contribution < 1.29 is 0 Å². The Morgan fingerprint density at radius 1 is 0.619 bits per heavy atom. The summed E-state index contributed by atoms with van der Waals surface area (Å²) in [7, 11) is 0. The number of benzene rings is 2. The minimum atomic E-state index is 0.795. The van der Waals surface area contributed by atoms with Crippen LogP contribution in [0.3, 0.4) is 0 Å². The zero-order valence-electron chi connectivity index (χ0n) is 11.1. The lowest BCUT2D eigenvalue weighted by atomic mass is 10.2. The van der Waals surface area contributed by atoms with Gasteiger partial charge in [-0.15, -0.1) is 0 Å². The minimum Gasteiger partial charge on any atom is -0.310 e. The second-order valence-corrected chi connectivity index (χ2v) is 6.10. The smallest absolute Gasteiger partial charge is 0.109 e. The van der Waals surface area contributed by atoms with Crippen molar-refractivity contribution in [2.45, 2.75) is 0 Å². The van der Waals surface area contributed by atoms with Crippen LogP contribution in [0.2, 0.25) is 0 Å². The molecule has 21 heavy (non-hydrogen) atoms. The molecule has 0 aliphatic rings. The summed E-state index contributed by atoms with van der Waals surface area (Å²) in [4.78, 5) is 6.50. The van der Waals surface area contributed by atoms with Gasteiger partial charge in [-0.3, -0.25) is 0 Å². The third-order valence-corrected chi connectivity index (χ3v) is 3.85. The first kappa shape index (κ1) is 14.3. The summed E-state index contributed by atoms with van der Waals surface area (Å²) in [5, 5.41) is 0. The van der Waals surface area contributed by atoms with Crippen LogP contribution in [0.25, 0.3) is 0 Å². The van der Waals surface area contributed by atoms with Gasteiger partial charge in [0.05, 0.1) is 5.69 Å². The van der Waals surface area contributed by atoms with Gasteiger partial charge in [-0.1, -0.05) is 36.4 Å². The molecule has 1 heterocycles. The number of anilines is 3. The van der Waals surface area contributed by atoms with E-state index in [0.717, 1.165) is 26.3 Å². The lowest BCUT2D eigenvalue weighted by molar-refractivity contribution is 1.19. The van der Waals surface area contributed by atoms with Gasteiger partial charge in [0.2, 0.25) is 0 Å².